The first-order valence-corrected chi connectivity index (χ1v) is 7.10. The van der Waals surface area contributed by atoms with Crippen LogP contribution in [0.5, 0.6) is 0 Å². The SMILES string of the molecule is COC1=C(C)C(=O)C(OC)=C(C(C)CCC=C(C)C)C1=O. The second-order valence-electron chi connectivity index (χ2n) is 5.52. The van der Waals surface area contributed by atoms with E-state index in [-0.39, 0.29) is 29.0 Å². The van der Waals surface area contributed by atoms with Gasteiger partial charge in [-0.3, -0.25) is 9.59 Å². The molecule has 1 aliphatic carbocycles. The second-order valence-corrected chi connectivity index (χ2v) is 5.52. The number of ether oxygens (including phenoxy) is 2. The maximum atomic E-state index is 12.5. The maximum absolute atomic E-state index is 12.5. The van der Waals surface area contributed by atoms with Gasteiger partial charge in [0.1, 0.15) is 0 Å². The van der Waals surface area contributed by atoms with E-state index in [0.29, 0.717) is 11.1 Å². The molecule has 0 spiro atoms. The Morgan fingerprint density at radius 2 is 1.67 bits per heavy atom. The van der Waals surface area contributed by atoms with Crippen molar-refractivity contribution in [2.24, 2.45) is 5.92 Å². The lowest BCUT2D eigenvalue weighted by Gasteiger charge is -2.24. The first kappa shape index (κ1) is 17.2. The average Bonchev–Trinajstić information content (AvgIpc) is 2.42. The van der Waals surface area contributed by atoms with Gasteiger partial charge in [0.2, 0.25) is 11.6 Å². The number of methoxy groups -OCH3 is 2. The molecular weight excluding hydrogens is 268 g/mol. The van der Waals surface area contributed by atoms with E-state index in [1.165, 1.54) is 19.8 Å². The van der Waals surface area contributed by atoms with Gasteiger partial charge in [0, 0.05) is 5.57 Å². The van der Waals surface area contributed by atoms with E-state index in [1.54, 1.807) is 6.92 Å². The van der Waals surface area contributed by atoms with Crippen LogP contribution in [0.3, 0.4) is 0 Å². The lowest BCUT2D eigenvalue weighted by Crippen LogP contribution is -2.28. The molecule has 0 saturated carbocycles. The van der Waals surface area contributed by atoms with Crippen LogP contribution in [0.4, 0.5) is 0 Å². The topological polar surface area (TPSA) is 52.6 Å². The fourth-order valence-electron chi connectivity index (χ4n) is 2.45. The Kier molecular flexibility index (Phi) is 5.94. The van der Waals surface area contributed by atoms with E-state index in [4.69, 9.17) is 9.47 Å². The molecule has 4 nitrogen and oxygen atoms in total. The molecule has 116 valence electrons. The molecule has 0 N–H and O–H groups in total. The Bertz CT molecular complexity index is 531. The standard InChI is InChI=1S/C17H24O4/c1-10(2)8-7-9-11(3)13-15(19)16(20-5)12(4)14(18)17(13)21-6/h8,11H,7,9H2,1-6H3. The largest absolute Gasteiger partial charge is 0.492 e. The first-order valence-electron chi connectivity index (χ1n) is 7.10. The molecule has 0 amide bonds. The Labute approximate surface area is 126 Å². The number of ketones is 2. The minimum absolute atomic E-state index is 0.0646. The maximum Gasteiger partial charge on any atom is 0.228 e. The number of carbonyl (C=O) groups is 2. The van der Waals surface area contributed by atoms with Gasteiger partial charge in [-0.15, -0.1) is 0 Å². The second kappa shape index (κ2) is 7.25. The van der Waals surface area contributed by atoms with Crippen LogP contribution in [0.2, 0.25) is 0 Å². The lowest BCUT2D eigenvalue weighted by molar-refractivity contribution is -0.121. The minimum Gasteiger partial charge on any atom is -0.492 e. The Morgan fingerprint density at radius 3 is 2.14 bits per heavy atom. The molecule has 0 heterocycles. The van der Waals surface area contributed by atoms with Crippen molar-refractivity contribution in [3.63, 3.8) is 0 Å². The molecule has 21 heavy (non-hydrogen) atoms. The summed E-state index contributed by atoms with van der Waals surface area (Å²) in [6.45, 7) is 7.60. The highest BCUT2D eigenvalue weighted by Gasteiger charge is 2.36. The van der Waals surface area contributed by atoms with Crippen LogP contribution in [-0.2, 0) is 19.1 Å². The fourth-order valence-corrected chi connectivity index (χ4v) is 2.45. The molecule has 0 aromatic carbocycles. The number of allylic oxidation sites excluding steroid dienone is 4. The number of carbonyl (C=O) groups excluding carboxylic acids is 2. The summed E-state index contributed by atoms with van der Waals surface area (Å²) in [6.07, 6.45) is 3.76. The van der Waals surface area contributed by atoms with E-state index in [2.05, 4.69) is 6.08 Å². The Morgan fingerprint density at radius 1 is 1.10 bits per heavy atom. The van der Waals surface area contributed by atoms with E-state index in [0.717, 1.165) is 12.8 Å². The van der Waals surface area contributed by atoms with Gasteiger partial charge in [0.25, 0.3) is 0 Å². The molecule has 1 rings (SSSR count). The van der Waals surface area contributed by atoms with Crippen LogP contribution in [-0.4, -0.2) is 25.8 Å². The summed E-state index contributed by atoms with van der Waals surface area (Å²) in [5.74, 6) is -0.285. The fraction of sp³-hybridized carbons (Fsp3) is 0.529. The summed E-state index contributed by atoms with van der Waals surface area (Å²) in [6, 6.07) is 0. The summed E-state index contributed by atoms with van der Waals surface area (Å²) in [4.78, 5) is 24.8. The van der Waals surface area contributed by atoms with Gasteiger partial charge in [0.05, 0.1) is 19.8 Å². The number of hydrogen-bond acceptors (Lipinski definition) is 4. The third kappa shape index (κ3) is 3.63. The van der Waals surface area contributed by atoms with Gasteiger partial charge < -0.3 is 9.47 Å². The van der Waals surface area contributed by atoms with Crippen molar-refractivity contribution in [3.8, 4) is 0 Å². The van der Waals surface area contributed by atoms with Gasteiger partial charge >= 0.3 is 0 Å². The van der Waals surface area contributed by atoms with Crippen LogP contribution in [0.15, 0.2) is 34.3 Å². The zero-order chi connectivity index (χ0) is 16.2. The summed E-state index contributed by atoms with van der Waals surface area (Å²) in [7, 11) is 2.84. The smallest absolute Gasteiger partial charge is 0.228 e. The van der Waals surface area contributed by atoms with Crippen LogP contribution >= 0.6 is 0 Å². The molecular formula is C17H24O4. The summed E-state index contributed by atoms with van der Waals surface area (Å²) in [5, 5.41) is 0. The quantitative estimate of drug-likeness (QED) is 0.556. The highest BCUT2D eigenvalue weighted by atomic mass is 16.5. The van der Waals surface area contributed by atoms with Crippen molar-refractivity contribution in [1.82, 2.24) is 0 Å². The molecule has 1 unspecified atom stereocenters. The predicted molar refractivity (Wildman–Crippen MR) is 81.6 cm³/mol. The van der Waals surface area contributed by atoms with Gasteiger partial charge in [-0.1, -0.05) is 18.6 Å². The van der Waals surface area contributed by atoms with Crippen molar-refractivity contribution < 1.29 is 19.1 Å². The molecule has 1 aliphatic rings. The number of hydrogen-bond donors (Lipinski definition) is 0. The van der Waals surface area contributed by atoms with Gasteiger partial charge in [-0.25, -0.2) is 0 Å². The lowest BCUT2D eigenvalue weighted by atomic mass is 9.84. The van der Waals surface area contributed by atoms with Crippen molar-refractivity contribution in [3.05, 3.63) is 34.3 Å². The van der Waals surface area contributed by atoms with Gasteiger partial charge in [0.15, 0.2) is 11.5 Å². The normalized spacial score (nSPS) is 17.0. The van der Waals surface area contributed by atoms with E-state index in [9.17, 15) is 9.59 Å². The van der Waals surface area contributed by atoms with E-state index < -0.39 is 0 Å². The highest BCUT2D eigenvalue weighted by Crippen LogP contribution is 2.32. The summed E-state index contributed by atoms with van der Waals surface area (Å²) >= 11 is 0. The molecule has 0 aromatic heterocycles. The zero-order valence-electron chi connectivity index (χ0n) is 13.7. The minimum atomic E-state index is -0.266. The van der Waals surface area contributed by atoms with Crippen molar-refractivity contribution >= 4 is 11.6 Å². The van der Waals surface area contributed by atoms with Crippen LogP contribution in [0.25, 0.3) is 0 Å². The van der Waals surface area contributed by atoms with Gasteiger partial charge in [-0.05, 0) is 39.5 Å². The van der Waals surface area contributed by atoms with Crippen LogP contribution in [0.1, 0.15) is 40.5 Å². The van der Waals surface area contributed by atoms with Crippen LogP contribution < -0.4 is 0 Å². The molecule has 0 saturated heterocycles. The van der Waals surface area contributed by atoms with Crippen molar-refractivity contribution in [1.29, 1.82) is 0 Å². The first-order chi connectivity index (χ1) is 9.84. The molecule has 1 atom stereocenters. The number of rotatable bonds is 6. The zero-order valence-corrected chi connectivity index (χ0v) is 13.7. The van der Waals surface area contributed by atoms with E-state index in [1.807, 2.05) is 20.8 Å². The third-order valence-electron chi connectivity index (χ3n) is 3.64. The molecule has 0 radical (unpaired) electrons. The average molecular weight is 292 g/mol. The highest BCUT2D eigenvalue weighted by molar-refractivity contribution is 6.23. The van der Waals surface area contributed by atoms with E-state index >= 15 is 0 Å². The molecule has 0 aliphatic heterocycles. The summed E-state index contributed by atoms with van der Waals surface area (Å²) < 4.78 is 10.3. The Hall–Kier alpha value is -1.84. The monoisotopic (exact) mass is 292 g/mol. The molecule has 0 aromatic rings. The summed E-state index contributed by atoms with van der Waals surface area (Å²) in [5.41, 5.74) is 1.97. The third-order valence-corrected chi connectivity index (χ3v) is 3.64. The number of Topliss-reactive ketones (excluding diaryl/α,β-unsaturated/α-hetero) is 2. The molecule has 4 heteroatoms. The Balaban J connectivity index is 3.11. The molecule has 0 fully saturated rings. The molecule has 0 bridgehead atoms. The van der Waals surface area contributed by atoms with Crippen molar-refractivity contribution in [2.45, 2.75) is 40.5 Å². The predicted octanol–water partition coefficient (Wildman–Crippen LogP) is 3.34. The van der Waals surface area contributed by atoms with Crippen LogP contribution in [0, 0.1) is 5.92 Å². The van der Waals surface area contributed by atoms with Gasteiger partial charge in [-0.2, -0.15) is 0 Å². The van der Waals surface area contributed by atoms with Crippen molar-refractivity contribution in [2.75, 3.05) is 14.2 Å².